The summed E-state index contributed by atoms with van der Waals surface area (Å²) in [6, 6.07) is 0.497. The van der Waals surface area contributed by atoms with Crippen molar-refractivity contribution >= 4 is 17.8 Å². The Morgan fingerprint density at radius 1 is 0.963 bits per heavy atom. The molecule has 2 aliphatic heterocycles. The van der Waals surface area contributed by atoms with E-state index in [0.717, 1.165) is 58.1 Å². The third kappa shape index (κ3) is 6.09. The number of rotatable bonds is 5. The van der Waals surface area contributed by atoms with Gasteiger partial charge in [-0.15, -0.1) is 0 Å². The van der Waals surface area contributed by atoms with Crippen LogP contribution < -0.4 is 5.32 Å². The molecule has 152 valence electrons. The first kappa shape index (κ1) is 19.9. The number of hydrogen-bond acceptors (Lipinski definition) is 4. The first-order valence-corrected chi connectivity index (χ1v) is 10.3. The van der Waals surface area contributed by atoms with Gasteiger partial charge in [0.1, 0.15) is 6.54 Å². The third-order valence-electron chi connectivity index (χ3n) is 5.51. The van der Waals surface area contributed by atoms with Crippen molar-refractivity contribution in [2.24, 2.45) is 4.99 Å². The van der Waals surface area contributed by atoms with Crippen LogP contribution in [-0.2, 0) is 9.59 Å². The average molecular weight is 379 g/mol. The zero-order chi connectivity index (χ0) is 19.2. The number of guanidine groups is 1. The highest BCUT2D eigenvalue weighted by atomic mass is 16.2. The van der Waals surface area contributed by atoms with Crippen molar-refractivity contribution < 1.29 is 9.59 Å². The normalized spacial score (nSPS) is 21.9. The summed E-state index contributed by atoms with van der Waals surface area (Å²) in [4.78, 5) is 37.0. The Hall–Kier alpha value is -1.83. The van der Waals surface area contributed by atoms with Crippen LogP contribution in [-0.4, -0.2) is 110 Å². The van der Waals surface area contributed by atoms with Gasteiger partial charge in [-0.2, -0.15) is 0 Å². The van der Waals surface area contributed by atoms with Gasteiger partial charge in [-0.1, -0.05) is 0 Å². The van der Waals surface area contributed by atoms with E-state index in [1.807, 2.05) is 4.90 Å². The Balaban J connectivity index is 1.48. The van der Waals surface area contributed by atoms with Crippen LogP contribution >= 0.6 is 0 Å². The van der Waals surface area contributed by atoms with Crippen LogP contribution in [0, 0.1) is 0 Å². The summed E-state index contributed by atoms with van der Waals surface area (Å²) in [5, 5.41) is 3.47. The molecule has 0 unspecified atom stereocenters. The molecule has 8 heteroatoms. The molecule has 0 aromatic carbocycles. The molecule has 1 N–H and O–H groups in total. The van der Waals surface area contributed by atoms with Crippen LogP contribution in [0.5, 0.6) is 0 Å². The van der Waals surface area contributed by atoms with Gasteiger partial charge >= 0.3 is 0 Å². The van der Waals surface area contributed by atoms with Crippen molar-refractivity contribution in [1.82, 2.24) is 24.9 Å². The first-order valence-electron chi connectivity index (χ1n) is 10.3. The van der Waals surface area contributed by atoms with E-state index in [1.54, 1.807) is 19.0 Å². The summed E-state index contributed by atoms with van der Waals surface area (Å²) in [5.74, 6) is 1.12. The molecule has 3 rings (SSSR count). The highest BCUT2D eigenvalue weighted by molar-refractivity contribution is 5.85. The maximum absolute atomic E-state index is 12.5. The summed E-state index contributed by atoms with van der Waals surface area (Å²) in [5.41, 5.74) is 0. The van der Waals surface area contributed by atoms with Gasteiger partial charge in [0.2, 0.25) is 11.8 Å². The standard InChI is InChI=1S/C19H34N6O2/c1-22(2)17(26)14-20-19(21-16-6-7-16)25-12-10-23(11-13-25)15-18(27)24-8-4-3-5-9-24/h16H,3-15H2,1-2H3,(H,20,21). The molecular weight excluding hydrogens is 344 g/mol. The molecular formula is C19H34N6O2. The van der Waals surface area contributed by atoms with Crippen LogP contribution in [0.3, 0.4) is 0 Å². The fourth-order valence-corrected chi connectivity index (χ4v) is 3.48. The molecule has 1 saturated carbocycles. The summed E-state index contributed by atoms with van der Waals surface area (Å²) in [7, 11) is 3.51. The lowest BCUT2D eigenvalue weighted by Gasteiger charge is -2.37. The van der Waals surface area contributed by atoms with Crippen LogP contribution in [0.2, 0.25) is 0 Å². The Morgan fingerprint density at radius 3 is 2.22 bits per heavy atom. The molecule has 0 aromatic rings. The van der Waals surface area contributed by atoms with E-state index in [0.29, 0.717) is 12.6 Å². The Kier molecular flexibility index (Phi) is 6.93. The van der Waals surface area contributed by atoms with Crippen molar-refractivity contribution in [2.75, 3.05) is 66.5 Å². The van der Waals surface area contributed by atoms with Crippen molar-refractivity contribution in [2.45, 2.75) is 38.1 Å². The monoisotopic (exact) mass is 378 g/mol. The highest BCUT2D eigenvalue weighted by Crippen LogP contribution is 2.19. The lowest BCUT2D eigenvalue weighted by Crippen LogP contribution is -2.55. The number of hydrogen-bond donors (Lipinski definition) is 1. The largest absolute Gasteiger partial charge is 0.353 e. The van der Waals surface area contributed by atoms with Gasteiger partial charge in [-0.3, -0.25) is 14.5 Å². The molecule has 2 heterocycles. The van der Waals surface area contributed by atoms with E-state index >= 15 is 0 Å². The van der Waals surface area contributed by atoms with Gasteiger partial charge < -0.3 is 20.0 Å². The second kappa shape index (κ2) is 9.39. The van der Waals surface area contributed by atoms with Gasteiger partial charge in [-0.05, 0) is 32.1 Å². The van der Waals surface area contributed by atoms with Crippen molar-refractivity contribution in [3.05, 3.63) is 0 Å². The number of aliphatic imine (C=N–C) groups is 1. The fourth-order valence-electron chi connectivity index (χ4n) is 3.48. The number of nitrogens with one attached hydrogen (secondary N) is 1. The summed E-state index contributed by atoms with van der Waals surface area (Å²) >= 11 is 0. The highest BCUT2D eigenvalue weighted by Gasteiger charge is 2.28. The minimum atomic E-state index is 0.0101. The molecule has 0 aromatic heterocycles. The average Bonchev–Trinajstić information content (AvgIpc) is 3.50. The van der Waals surface area contributed by atoms with Crippen molar-refractivity contribution in [1.29, 1.82) is 0 Å². The summed E-state index contributed by atoms with van der Waals surface area (Å²) in [6.07, 6.45) is 5.86. The minimum Gasteiger partial charge on any atom is -0.353 e. The molecule has 27 heavy (non-hydrogen) atoms. The number of likely N-dealkylation sites (tertiary alicyclic amines) is 1. The molecule has 2 amide bonds. The molecule has 0 atom stereocenters. The molecule has 8 nitrogen and oxygen atoms in total. The molecule has 0 bridgehead atoms. The summed E-state index contributed by atoms with van der Waals surface area (Å²) < 4.78 is 0. The third-order valence-corrected chi connectivity index (χ3v) is 5.51. The molecule has 3 fully saturated rings. The molecule has 1 aliphatic carbocycles. The van der Waals surface area contributed by atoms with Gasteiger partial charge in [0.05, 0.1) is 6.54 Å². The number of nitrogens with zero attached hydrogens (tertiary/aromatic N) is 5. The van der Waals surface area contributed by atoms with Crippen molar-refractivity contribution in [3.63, 3.8) is 0 Å². The lowest BCUT2D eigenvalue weighted by atomic mass is 10.1. The number of piperazine rings is 1. The van der Waals surface area contributed by atoms with Gasteiger partial charge in [0.15, 0.2) is 5.96 Å². The molecule has 2 saturated heterocycles. The van der Waals surface area contributed by atoms with E-state index in [4.69, 9.17) is 0 Å². The van der Waals surface area contributed by atoms with Crippen LogP contribution in [0.4, 0.5) is 0 Å². The number of likely N-dealkylation sites (N-methyl/N-ethyl adjacent to an activating group) is 1. The quantitative estimate of drug-likeness (QED) is 0.531. The minimum absolute atomic E-state index is 0.0101. The van der Waals surface area contributed by atoms with Crippen LogP contribution in [0.1, 0.15) is 32.1 Å². The SMILES string of the molecule is CN(C)C(=O)CN=C(NC1CC1)N1CCN(CC(=O)N2CCCCC2)CC1. The zero-order valence-electron chi connectivity index (χ0n) is 16.8. The number of amides is 2. The van der Waals surface area contributed by atoms with Gasteiger partial charge in [0, 0.05) is 59.4 Å². The lowest BCUT2D eigenvalue weighted by molar-refractivity contribution is -0.133. The second-order valence-corrected chi connectivity index (χ2v) is 8.05. The smallest absolute Gasteiger partial charge is 0.243 e. The number of piperidine rings is 1. The predicted molar refractivity (Wildman–Crippen MR) is 106 cm³/mol. The Bertz CT molecular complexity index is 546. The number of carbonyl (C=O) groups excluding carboxylic acids is 2. The molecule has 3 aliphatic rings. The van der Waals surface area contributed by atoms with E-state index in [1.165, 1.54) is 19.3 Å². The Labute approximate surface area is 162 Å². The second-order valence-electron chi connectivity index (χ2n) is 8.05. The van der Waals surface area contributed by atoms with E-state index < -0.39 is 0 Å². The van der Waals surface area contributed by atoms with Gasteiger partial charge in [0.25, 0.3) is 0 Å². The van der Waals surface area contributed by atoms with E-state index in [-0.39, 0.29) is 18.4 Å². The van der Waals surface area contributed by atoms with E-state index in [2.05, 4.69) is 20.1 Å². The Morgan fingerprint density at radius 2 is 1.63 bits per heavy atom. The summed E-state index contributed by atoms with van der Waals surface area (Å²) in [6.45, 7) is 5.91. The first-order chi connectivity index (χ1) is 13.0. The topological polar surface area (TPSA) is 71.5 Å². The molecule has 0 radical (unpaired) electrons. The fraction of sp³-hybridized carbons (Fsp3) is 0.842. The number of carbonyl (C=O) groups is 2. The van der Waals surface area contributed by atoms with E-state index in [9.17, 15) is 9.59 Å². The maximum atomic E-state index is 12.5. The molecule has 0 spiro atoms. The van der Waals surface area contributed by atoms with Gasteiger partial charge in [-0.25, -0.2) is 4.99 Å². The van der Waals surface area contributed by atoms with Crippen LogP contribution in [0.25, 0.3) is 0 Å². The van der Waals surface area contributed by atoms with Crippen LogP contribution in [0.15, 0.2) is 4.99 Å². The zero-order valence-corrected chi connectivity index (χ0v) is 16.8. The predicted octanol–water partition coefficient (Wildman–Crippen LogP) is -0.187. The van der Waals surface area contributed by atoms with Crippen molar-refractivity contribution in [3.8, 4) is 0 Å². The maximum Gasteiger partial charge on any atom is 0.243 e.